The van der Waals surface area contributed by atoms with Gasteiger partial charge in [-0.25, -0.2) is 8.42 Å². The number of hydrogen-bond acceptors (Lipinski definition) is 3. The standard InChI is InChI=1S/C17H13Cl2NO3S/c18-14-7-4-8-15(16(14)19)20(13-9-10-24(22,23)11-13)17(21)12-5-2-1-3-6-12/h1-10,13H,11H2. The summed E-state index contributed by atoms with van der Waals surface area (Å²) in [6.45, 7) is 0. The Morgan fingerprint density at radius 2 is 1.75 bits per heavy atom. The molecule has 2 aromatic rings. The third kappa shape index (κ3) is 3.34. The minimum atomic E-state index is -3.34. The van der Waals surface area contributed by atoms with Crippen LogP contribution in [-0.4, -0.2) is 26.1 Å². The molecule has 0 bridgehead atoms. The van der Waals surface area contributed by atoms with Crippen molar-refractivity contribution in [2.75, 3.05) is 10.7 Å². The predicted octanol–water partition coefficient (Wildman–Crippen LogP) is 3.95. The van der Waals surface area contributed by atoms with E-state index < -0.39 is 15.9 Å². The molecule has 1 aliphatic rings. The number of carbonyl (C=O) groups is 1. The Kier molecular flexibility index (Phi) is 4.67. The summed E-state index contributed by atoms with van der Waals surface area (Å²) in [5.74, 6) is -0.527. The predicted molar refractivity (Wildman–Crippen MR) is 96.4 cm³/mol. The van der Waals surface area contributed by atoms with Gasteiger partial charge in [-0.15, -0.1) is 0 Å². The van der Waals surface area contributed by atoms with E-state index in [1.165, 1.54) is 11.0 Å². The van der Waals surface area contributed by atoms with Crippen LogP contribution in [0.15, 0.2) is 60.0 Å². The zero-order chi connectivity index (χ0) is 17.3. The molecule has 0 fully saturated rings. The van der Waals surface area contributed by atoms with Crippen LogP contribution in [0, 0.1) is 0 Å². The quantitative estimate of drug-likeness (QED) is 0.808. The van der Waals surface area contributed by atoms with Crippen LogP contribution in [0.4, 0.5) is 5.69 Å². The number of halogens is 2. The van der Waals surface area contributed by atoms with Crippen LogP contribution >= 0.6 is 23.2 Å². The maximum Gasteiger partial charge on any atom is 0.258 e. The monoisotopic (exact) mass is 381 g/mol. The minimum Gasteiger partial charge on any atom is -0.299 e. The van der Waals surface area contributed by atoms with Crippen LogP contribution in [0.3, 0.4) is 0 Å². The fourth-order valence-electron chi connectivity index (χ4n) is 2.56. The van der Waals surface area contributed by atoms with Crippen LogP contribution in [0.1, 0.15) is 10.4 Å². The molecule has 124 valence electrons. The lowest BCUT2D eigenvalue weighted by Gasteiger charge is -2.28. The van der Waals surface area contributed by atoms with Crippen molar-refractivity contribution >= 4 is 44.6 Å². The lowest BCUT2D eigenvalue weighted by Crippen LogP contribution is -2.41. The van der Waals surface area contributed by atoms with Gasteiger partial charge in [-0.05, 0) is 30.3 Å². The summed E-state index contributed by atoms with van der Waals surface area (Å²) in [7, 11) is -3.34. The van der Waals surface area contributed by atoms with Crippen molar-refractivity contribution in [2.45, 2.75) is 6.04 Å². The second-order valence-electron chi connectivity index (χ2n) is 5.34. The molecule has 0 N–H and O–H groups in total. The highest BCUT2D eigenvalue weighted by Gasteiger charge is 2.33. The summed E-state index contributed by atoms with van der Waals surface area (Å²) in [6.07, 6.45) is 1.49. The van der Waals surface area contributed by atoms with Crippen molar-refractivity contribution < 1.29 is 13.2 Å². The smallest absolute Gasteiger partial charge is 0.258 e. The van der Waals surface area contributed by atoms with Gasteiger partial charge >= 0.3 is 0 Å². The Balaban J connectivity index is 2.10. The van der Waals surface area contributed by atoms with E-state index in [1.807, 2.05) is 0 Å². The first-order valence-electron chi connectivity index (χ1n) is 7.12. The molecule has 2 aromatic carbocycles. The average Bonchev–Trinajstić information content (AvgIpc) is 2.92. The number of amides is 1. The zero-order valence-corrected chi connectivity index (χ0v) is 14.7. The van der Waals surface area contributed by atoms with Crippen LogP contribution in [0.5, 0.6) is 0 Å². The van der Waals surface area contributed by atoms with Gasteiger partial charge in [0.05, 0.1) is 27.5 Å². The first kappa shape index (κ1) is 17.0. The normalized spacial score (nSPS) is 18.5. The molecular formula is C17H13Cl2NO3S. The molecule has 0 aromatic heterocycles. The maximum atomic E-state index is 13.0. The Labute approximate surface area is 150 Å². The number of carbonyl (C=O) groups excluding carboxylic acids is 1. The zero-order valence-electron chi connectivity index (χ0n) is 12.4. The van der Waals surface area contributed by atoms with Crippen LogP contribution in [0.25, 0.3) is 0 Å². The number of benzene rings is 2. The Bertz CT molecular complexity index is 911. The van der Waals surface area contributed by atoms with Gasteiger partial charge in [0.15, 0.2) is 9.84 Å². The molecule has 0 aliphatic carbocycles. The summed E-state index contributed by atoms with van der Waals surface area (Å²) in [5.41, 5.74) is 0.816. The highest BCUT2D eigenvalue weighted by Crippen LogP contribution is 2.35. The number of nitrogens with zero attached hydrogens (tertiary/aromatic N) is 1. The van der Waals surface area contributed by atoms with Gasteiger partial charge in [-0.3, -0.25) is 9.69 Å². The first-order chi connectivity index (χ1) is 11.4. The van der Waals surface area contributed by atoms with Crippen LogP contribution < -0.4 is 4.90 Å². The topological polar surface area (TPSA) is 54.5 Å². The number of anilines is 1. The number of rotatable bonds is 3. The molecule has 1 amide bonds. The van der Waals surface area contributed by atoms with Crippen molar-refractivity contribution in [3.05, 3.63) is 75.6 Å². The van der Waals surface area contributed by atoms with E-state index in [2.05, 4.69) is 0 Å². The summed E-state index contributed by atoms with van der Waals surface area (Å²) < 4.78 is 23.6. The molecule has 1 aliphatic heterocycles. The molecule has 3 rings (SSSR count). The van der Waals surface area contributed by atoms with E-state index in [4.69, 9.17) is 23.2 Å². The molecule has 4 nitrogen and oxygen atoms in total. The highest BCUT2D eigenvalue weighted by atomic mass is 35.5. The summed E-state index contributed by atoms with van der Waals surface area (Å²) in [4.78, 5) is 14.4. The maximum absolute atomic E-state index is 13.0. The third-order valence-electron chi connectivity index (χ3n) is 3.67. The van der Waals surface area contributed by atoms with Crippen molar-refractivity contribution in [1.82, 2.24) is 0 Å². The lowest BCUT2D eigenvalue weighted by atomic mass is 10.1. The molecule has 0 saturated heterocycles. The van der Waals surface area contributed by atoms with E-state index >= 15 is 0 Å². The van der Waals surface area contributed by atoms with Crippen molar-refractivity contribution in [3.8, 4) is 0 Å². The molecule has 1 unspecified atom stereocenters. The lowest BCUT2D eigenvalue weighted by molar-refractivity contribution is 0.0983. The van der Waals surface area contributed by atoms with E-state index in [-0.39, 0.29) is 16.7 Å². The molecule has 7 heteroatoms. The van der Waals surface area contributed by atoms with Gasteiger partial charge in [-0.2, -0.15) is 0 Å². The molecule has 0 radical (unpaired) electrons. The molecular weight excluding hydrogens is 369 g/mol. The van der Waals surface area contributed by atoms with Gasteiger partial charge in [0.2, 0.25) is 0 Å². The fourth-order valence-corrected chi connectivity index (χ4v) is 4.21. The Morgan fingerprint density at radius 3 is 2.38 bits per heavy atom. The van der Waals surface area contributed by atoms with Gasteiger partial charge in [0.1, 0.15) is 0 Å². The number of sulfone groups is 1. The molecule has 1 heterocycles. The van der Waals surface area contributed by atoms with Crippen molar-refractivity contribution in [1.29, 1.82) is 0 Å². The van der Waals surface area contributed by atoms with Crippen molar-refractivity contribution in [2.24, 2.45) is 0 Å². The second kappa shape index (κ2) is 6.59. The van der Waals surface area contributed by atoms with Crippen molar-refractivity contribution in [3.63, 3.8) is 0 Å². The van der Waals surface area contributed by atoms with Crippen LogP contribution in [0.2, 0.25) is 10.0 Å². The Hall–Kier alpha value is -1.82. The van der Waals surface area contributed by atoms with Gasteiger partial charge in [-0.1, -0.05) is 47.5 Å². The summed E-state index contributed by atoms with van der Waals surface area (Å²) >= 11 is 12.3. The van der Waals surface area contributed by atoms with Crippen LogP contribution in [-0.2, 0) is 9.84 Å². The number of hydrogen-bond donors (Lipinski definition) is 0. The SMILES string of the molecule is O=C(c1ccccc1)N(c1cccc(Cl)c1Cl)C1C=CS(=O)(=O)C1. The highest BCUT2D eigenvalue weighted by molar-refractivity contribution is 7.94. The molecule has 1 atom stereocenters. The second-order valence-corrected chi connectivity index (χ2v) is 8.06. The van der Waals surface area contributed by atoms with E-state index in [1.54, 1.807) is 48.5 Å². The molecule has 0 spiro atoms. The van der Waals surface area contributed by atoms with E-state index in [0.29, 0.717) is 16.3 Å². The van der Waals surface area contributed by atoms with E-state index in [0.717, 1.165) is 5.41 Å². The minimum absolute atomic E-state index is 0.186. The Morgan fingerprint density at radius 1 is 1.04 bits per heavy atom. The van der Waals surface area contributed by atoms with Gasteiger partial charge in [0, 0.05) is 11.0 Å². The summed E-state index contributed by atoms with van der Waals surface area (Å²) in [6, 6.07) is 12.9. The summed E-state index contributed by atoms with van der Waals surface area (Å²) in [5, 5.41) is 1.63. The molecule has 0 saturated carbocycles. The fraction of sp³-hybridized carbons (Fsp3) is 0.118. The first-order valence-corrected chi connectivity index (χ1v) is 9.60. The van der Waals surface area contributed by atoms with Gasteiger partial charge in [0.25, 0.3) is 5.91 Å². The molecule has 24 heavy (non-hydrogen) atoms. The van der Waals surface area contributed by atoms with Gasteiger partial charge < -0.3 is 0 Å². The average molecular weight is 382 g/mol. The largest absolute Gasteiger partial charge is 0.299 e. The van der Waals surface area contributed by atoms with E-state index in [9.17, 15) is 13.2 Å². The third-order valence-corrected chi connectivity index (χ3v) is 5.86.